The summed E-state index contributed by atoms with van der Waals surface area (Å²) in [5, 5.41) is 9.01. The van der Waals surface area contributed by atoms with Gasteiger partial charge in [0.25, 0.3) is 0 Å². The van der Waals surface area contributed by atoms with Gasteiger partial charge in [-0.15, -0.1) is 0 Å². The highest BCUT2D eigenvalue weighted by molar-refractivity contribution is 4.98. The lowest BCUT2D eigenvalue weighted by Gasteiger charge is -2.14. The van der Waals surface area contributed by atoms with E-state index < -0.39 is 6.10 Å². The molecule has 0 spiro atoms. The molecular weight excluding hydrogens is 126 g/mol. The van der Waals surface area contributed by atoms with E-state index in [1.54, 1.807) is 6.92 Å². The number of hydrogen-bond donors (Lipinski definition) is 2. The Labute approximate surface area is 62.7 Å². The number of hydrogen-bond acceptors (Lipinski definition) is 2. The Balaban J connectivity index is 3.68. The Morgan fingerprint density at radius 1 is 1.70 bits per heavy atom. The number of nitrogens with two attached hydrogens (primary N) is 1. The van der Waals surface area contributed by atoms with Crippen molar-refractivity contribution in [2.75, 3.05) is 0 Å². The van der Waals surface area contributed by atoms with E-state index in [-0.39, 0.29) is 6.04 Å². The molecule has 3 N–H and O–H groups in total. The Hall–Kier alpha value is -0.340. The average Bonchev–Trinajstić information content (AvgIpc) is 1.87. The fourth-order valence-electron chi connectivity index (χ4n) is 0.660. The van der Waals surface area contributed by atoms with Crippen molar-refractivity contribution >= 4 is 0 Å². The van der Waals surface area contributed by atoms with Gasteiger partial charge in [0, 0.05) is 6.04 Å². The average molecular weight is 143 g/mol. The van der Waals surface area contributed by atoms with Crippen LogP contribution in [0.1, 0.15) is 27.2 Å². The largest absolute Gasteiger partial charge is 0.392 e. The van der Waals surface area contributed by atoms with E-state index in [9.17, 15) is 0 Å². The van der Waals surface area contributed by atoms with Gasteiger partial charge in [0.1, 0.15) is 0 Å². The van der Waals surface area contributed by atoms with Gasteiger partial charge >= 0.3 is 0 Å². The maximum atomic E-state index is 9.01. The predicted molar refractivity (Wildman–Crippen MR) is 43.7 cm³/mol. The molecular formula is C8H17NO. The second-order valence-electron chi connectivity index (χ2n) is 2.74. The number of rotatable bonds is 3. The first kappa shape index (κ1) is 9.66. The van der Waals surface area contributed by atoms with Crippen LogP contribution in [0, 0.1) is 0 Å². The van der Waals surface area contributed by atoms with Crippen LogP contribution in [0.4, 0.5) is 0 Å². The van der Waals surface area contributed by atoms with E-state index in [0.29, 0.717) is 0 Å². The fourth-order valence-corrected chi connectivity index (χ4v) is 0.660. The van der Waals surface area contributed by atoms with Crippen molar-refractivity contribution < 1.29 is 5.11 Å². The molecule has 2 heteroatoms. The van der Waals surface area contributed by atoms with Crippen LogP contribution in [0.25, 0.3) is 0 Å². The highest BCUT2D eigenvalue weighted by Gasteiger charge is 2.08. The van der Waals surface area contributed by atoms with E-state index in [1.165, 1.54) is 5.57 Å². The first-order chi connectivity index (χ1) is 4.57. The Kier molecular flexibility index (Phi) is 4.32. The summed E-state index contributed by atoms with van der Waals surface area (Å²) < 4.78 is 0. The second kappa shape index (κ2) is 4.47. The number of allylic oxidation sites excluding steroid dienone is 1. The molecule has 0 heterocycles. The van der Waals surface area contributed by atoms with Gasteiger partial charge in [-0.05, 0) is 27.2 Å². The third-order valence-electron chi connectivity index (χ3n) is 1.67. The van der Waals surface area contributed by atoms with E-state index in [0.717, 1.165) is 6.42 Å². The molecule has 0 fully saturated rings. The summed E-state index contributed by atoms with van der Waals surface area (Å²) in [6.45, 7) is 5.71. The highest BCUT2D eigenvalue weighted by atomic mass is 16.3. The van der Waals surface area contributed by atoms with E-state index in [1.807, 2.05) is 19.9 Å². The second-order valence-corrected chi connectivity index (χ2v) is 2.74. The van der Waals surface area contributed by atoms with Crippen molar-refractivity contribution in [1.82, 2.24) is 0 Å². The molecule has 0 amide bonds. The zero-order valence-corrected chi connectivity index (χ0v) is 6.96. The normalized spacial score (nSPS) is 18.7. The lowest BCUT2D eigenvalue weighted by molar-refractivity contribution is 0.163. The lowest BCUT2D eigenvalue weighted by Crippen LogP contribution is -2.32. The summed E-state index contributed by atoms with van der Waals surface area (Å²) in [6, 6.07) is -0.115. The molecule has 1 unspecified atom stereocenters. The molecule has 10 heavy (non-hydrogen) atoms. The minimum atomic E-state index is -0.408. The van der Waals surface area contributed by atoms with Crippen molar-refractivity contribution in [3.63, 3.8) is 0 Å². The quantitative estimate of drug-likeness (QED) is 0.580. The van der Waals surface area contributed by atoms with Gasteiger partial charge in [0.05, 0.1) is 6.10 Å². The minimum absolute atomic E-state index is 0.115. The summed E-state index contributed by atoms with van der Waals surface area (Å²) in [5.41, 5.74) is 6.83. The molecule has 60 valence electrons. The van der Waals surface area contributed by atoms with Gasteiger partial charge in [0.2, 0.25) is 0 Å². The Morgan fingerprint density at radius 2 is 2.20 bits per heavy atom. The molecule has 2 nitrogen and oxygen atoms in total. The van der Waals surface area contributed by atoms with E-state index in [2.05, 4.69) is 0 Å². The van der Waals surface area contributed by atoms with E-state index >= 15 is 0 Å². The van der Waals surface area contributed by atoms with Crippen LogP contribution < -0.4 is 5.73 Å². The number of aliphatic hydroxyl groups excluding tert-OH is 1. The molecule has 0 aliphatic heterocycles. The van der Waals surface area contributed by atoms with Gasteiger partial charge < -0.3 is 10.8 Å². The highest BCUT2D eigenvalue weighted by Crippen LogP contribution is 2.04. The topological polar surface area (TPSA) is 46.2 Å². The summed E-state index contributed by atoms with van der Waals surface area (Å²) in [5.74, 6) is 0. The zero-order chi connectivity index (χ0) is 8.15. The minimum Gasteiger partial charge on any atom is -0.392 e. The molecule has 0 aromatic carbocycles. The first-order valence-electron chi connectivity index (χ1n) is 3.63. The molecule has 0 aliphatic rings. The van der Waals surface area contributed by atoms with Gasteiger partial charge in [-0.3, -0.25) is 0 Å². The molecule has 0 aliphatic carbocycles. The smallest absolute Gasteiger partial charge is 0.0666 e. The monoisotopic (exact) mass is 143 g/mol. The molecule has 0 radical (unpaired) electrons. The molecule has 2 atom stereocenters. The standard InChI is InChI=1S/C8H17NO/c1-4-6(2)5-8(9)7(3)10/h4,7-8,10H,5,9H2,1-3H3/b6-4+/t7?,8-/m0/s1. The third-order valence-corrected chi connectivity index (χ3v) is 1.67. The van der Waals surface area contributed by atoms with Crippen molar-refractivity contribution in [2.45, 2.75) is 39.3 Å². The van der Waals surface area contributed by atoms with Crippen LogP contribution in [0.15, 0.2) is 11.6 Å². The molecule has 0 aromatic heterocycles. The van der Waals surface area contributed by atoms with Crippen LogP contribution >= 0.6 is 0 Å². The van der Waals surface area contributed by atoms with Gasteiger partial charge in [-0.25, -0.2) is 0 Å². The van der Waals surface area contributed by atoms with Crippen LogP contribution in [-0.4, -0.2) is 17.3 Å². The summed E-state index contributed by atoms with van der Waals surface area (Å²) in [7, 11) is 0. The molecule has 0 saturated heterocycles. The van der Waals surface area contributed by atoms with Crippen molar-refractivity contribution in [2.24, 2.45) is 5.73 Å². The Bertz CT molecular complexity index is 118. The van der Waals surface area contributed by atoms with Crippen LogP contribution in [0.2, 0.25) is 0 Å². The van der Waals surface area contributed by atoms with Gasteiger partial charge in [0.15, 0.2) is 0 Å². The maximum Gasteiger partial charge on any atom is 0.0666 e. The lowest BCUT2D eigenvalue weighted by atomic mass is 10.0. The van der Waals surface area contributed by atoms with Gasteiger partial charge in [-0.2, -0.15) is 0 Å². The fraction of sp³-hybridized carbons (Fsp3) is 0.750. The van der Waals surface area contributed by atoms with E-state index in [4.69, 9.17) is 10.8 Å². The van der Waals surface area contributed by atoms with Gasteiger partial charge in [-0.1, -0.05) is 11.6 Å². The van der Waals surface area contributed by atoms with Crippen LogP contribution in [-0.2, 0) is 0 Å². The van der Waals surface area contributed by atoms with Crippen molar-refractivity contribution in [3.05, 3.63) is 11.6 Å². The van der Waals surface area contributed by atoms with Crippen LogP contribution in [0.5, 0.6) is 0 Å². The predicted octanol–water partition coefficient (Wildman–Crippen LogP) is 1.05. The van der Waals surface area contributed by atoms with Crippen LogP contribution in [0.3, 0.4) is 0 Å². The SMILES string of the molecule is C/C=C(\C)C[C@H](N)C(C)O. The molecule has 0 bridgehead atoms. The summed E-state index contributed by atoms with van der Waals surface area (Å²) >= 11 is 0. The zero-order valence-electron chi connectivity index (χ0n) is 6.96. The maximum absolute atomic E-state index is 9.01. The Morgan fingerprint density at radius 3 is 2.50 bits per heavy atom. The molecule has 0 saturated carbocycles. The molecule has 0 rings (SSSR count). The first-order valence-corrected chi connectivity index (χ1v) is 3.63. The summed E-state index contributed by atoms with van der Waals surface area (Å²) in [6.07, 6.45) is 2.39. The summed E-state index contributed by atoms with van der Waals surface area (Å²) in [4.78, 5) is 0. The van der Waals surface area contributed by atoms with Crippen molar-refractivity contribution in [3.8, 4) is 0 Å². The van der Waals surface area contributed by atoms with Crippen molar-refractivity contribution in [1.29, 1.82) is 0 Å². The molecule has 0 aromatic rings. The number of aliphatic hydroxyl groups is 1. The third kappa shape index (κ3) is 3.64.